The van der Waals surface area contributed by atoms with Gasteiger partial charge in [0.25, 0.3) is 0 Å². The molecule has 0 aliphatic carbocycles. The largest absolute Gasteiger partial charge is 0.492 e. The van der Waals surface area contributed by atoms with Crippen molar-refractivity contribution in [1.82, 2.24) is 0 Å². The molecular formula is C17H17Cl2NO3. The maximum Gasteiger partial charge on any atom is 0.340 e. The van der Waals surface area contributed by atoms with Crippen LogP contribution >= 0.6 is 23.2 Å². The Hall–Kier alpha value is -1.91. The molecule has 4 nitrogen and oxygen atoms in total. The van der Waals surface area contributed by atoms with E-state index in [0.29, 0.717) is 34.4 Å². The maximum atomic E-state index is 11.8. The van der Waals surface area contributed by atoms with Crippen molar-refractivity contribution in [3.8, 4) is 5.75 Å². The minimum atomic E-state index is -0.503. The van der Waals surface area contributed by atoms with Crippen molar-refractivity contribution < 1.29 is 14.3 Å². The molecule has 0 aliphatic rings. The lowest BCUT2D eigenvalue weighted by atomic mass is 10.1. The van der Waals surface area contributed by atoms with Gasteiger partial charge in [-0.25, -0.2) is 4.79 Å². The van der Waals surface area contributed by atoms with Crippen LogP contribution in [0.2, 0.25) is 10.0 Å². The number of halogens is 2. The summed E-state index contributed by atoms with van der Waals surface area (Å²) in [5.41, 5.74) is 1.90. The number of hydrogen-bond acceptors (Lipinski definition) is 4. The summed E-state index contributed by atoms with van der Waals surface area (Å²) in [7, 11) is 1.31. The first kappa shape index (κ1) is 17.4. The van der Waals surface area contributed by atoms with Crippen molar-refractivity contribution in [1.29, 1.82) is 0 Å². The van der Waals surface area contributed by atoms with Gasteiger partial charge in [-0.3, -0.25) is 0 Å². The van der Waals surface area contributed by atoms with E-state index in [0.717, 1.165) is 11.3 Å². The Bertz CT molecular complexity index is 704. The molecule has 0 unspecified atom stereocenters. The van der Waals surface area contributed by atoms with Crippen LogP contribution in [0, 0.1) is 6.92 Å². The Kier molecular flexibility index (Phi) is 6.13. The molecule has 0 bridgehead atoms. The fourth-order valence-corrected chi connectivity index (χ4v) is 2.63. The van der Waals surface area contributed by atoms with Crippen LogP contribution in [0.3, 0.4) is 0 Å². The summed E-state index contributed by atoms with van der Waals surface area (Å²) in [5.74, 6) is 0.290. The number of anilines is 1. The number of benzene rings is 2. The molecule has 1 N–H and O–H groups in total. The van der Waals surface area contributed by atoms with Crippen LogP contribution in [0.15, 0.2) is 36.4 Å². The van der Waals surface area contributed by atoms with E-state index in [2.05, 4.69) is 5.32 Å². The fraction of sp³-hybridized carbons (Fsp3) is 0.235. The van der Waals surface area contributed by atoms with Crippen molar-refractivity contribution in [2.24, 2.45) is 0 Å². The molecule has 0 amide bonds. The summed E-state index contributed by atoms with van der Waals surface area (Å²) >= 11 is 12.1. The van der Waals surface area contributed by atoms with E-state index < -0.39 is 5.97 Å². The van der Waals surface area contributed by atoms with Gasteiger partial charge in [0.1, 0.15) is 12.4 Å². The third-order valence-corrected chi connectivity index (χ3v) is 3.64. The molecule has 0 heterocycles. The molecule has 0 atom stereocenters. The van der Waals surface area contributed by atoms with E-state index in [1.54, 1.807) is 6.07 Å². The number of nitrogens with one attached hydrogen (secondary N) is 1. The summed E-state index contributed by atoms with van der Waals surface area (Å²) in [5, 5.41) is 3.82. The number of ether oxygens (including phenoxy) is 2. The molecule has 2 aromatic rings. The number of carbonyl (C=O) groups is 1. The van der Waals surface area contributed by atoms with Crippen molar-refractivity contribution in [3.05, 3.63) is 57.6 Å². The van der Waals surface area contributed by atoms with Gasteiger partial charge in [-0.15, -0.1) is 0 Å². The normalized spacial score (nSPS) is 10.3. The number of carbonyl (C=O) groups excluding carboxylic acids is 1. The van der Waals surface area contributed by atoms with E-state index in [4.69, 9.17) is 32.7 Å². The molecule has 0 fully saturated rings. The molecule has 2 rings (SSSR count). The van der Waals surface area contributed by atoms with Crippen LogP contribution in [0.5, 0.6) is 5.75 Å². The van der Waals surface area contributed by atoms with Gasteiger partial charge in [-0.05, 0) is 36.8 Å². The number of methoxy groups -OCH3 is 1. The summed E-state index contributed by atoms with van der Waals surface area (Å²) in [6.45, 7) is 2.89. The molecule has 0 aromatic heterocycles. The van der Waals surface area contributed by atoms with E-state index in [1.165, 1.54) is 13.2 Å². The number of esters is 1. The lowest BCUT2D eigenvalue weighted by Gasteiger charge is -2.14. The highest BCUT2D eigenvalue weighted by molar-refractivity contribution is 6.37. The second-order valence-corrected chi connectivity index (χ2v) is 5.74. The molecule has 6 heteroatoms. The minimum absolute atomic E-state index is 0.292. The van der Waals surface area contributed by atoms with Crippen LogP contribution in [-0.2, 0) is 4.74 Å². The highest BCUT2D eigenvalue weighted by Gasteiger charge is 2.16. The van der Waals surface area contributed by atoms with Gasteiger partial charge >= 0.3 is 5.97 Å². The van der Waals surface area contributed by atoms with Gasteiger partial charge in [0.15, 0.2) is 0 Å². The summed E-state index contributed by atoms with van der Waals surface area (Å²) < 4.78 is 10.4. The number of rotatable bonds is 6. The zero-order valence-corrected chi connectivity index (χ0v) is 14.4. The van der Waals surface area contributed by atoms with E-state index in [9.17, 15) is 4.79 Å². The first-order chi connectivity index (χ1) is 11.0. The topological polar surface area (TPSA) is 47.6 Å². The van der Waals surface area contributed by atoms with Gasteiger partial charge < -0.3 is 14.8 Å². The second kappa shape index (κ2) is 8.09. The summed E-state index contributed by atoms with van der Waals surface area (Å²) in [6, 6.07) is 10.9. The Balaban J connectivity index is 2.01. The lowest BCUT2D eigenvalue weighted by Crippen LogP contribution is -2.15. The van der Waals surface area contributed by atoms with Gasteiger partial charge in [0, 0.05) is 11.6 Å². The first-order valence-electron chi connectivity index (χ1n) is 7.02. The van der Waals surface area contributed by atoms with Crippen LogP contribution in [-0.4, -0.2) is 26.2 Å². The SMILES string of the molecule is COC(=O)c1cc(Cl)cc(Cl)c1NCCOc1cccc(C)c1. The molecule has 0 radical (unpaired) electrons. The standard InChI is InChI=1S/C17H17Cl2NO3/c1-11-4-3-5-13(8-11)23-7-6-20-16-14(17(21)22-2)9-12(18)10-15(16)19/h3-5,8-10,20H,6-7H2,1-2H3. The minimum Gasteiger partial charge on any atom is -0.492 e. The average molecular weight is 354 g/mol. The molecule has 2 aromatic carbocycles. The zero-order chi connectivity index (χ0) is 16.8. The number of hydrogen-bond donors (Lipinski definition) is 1. The zero-order valence-electron chi connectivity index (χ0n) is 12.9. The first-order valence-corrected chi connectivity index (χ1v) is 7.77. The van der Waals surface area contributed by atoms with E-state index >= 15 is 0 Å². The molecule has 0 spiro atoms. The van der Waals surface area contributed by atoms with E-state index in [1.807, 2.05) is 31.2 Å². The van der Waals surface area contributed by atoms with Gasteiger partial charge in [-0.2, -0.15) is 0 Å². The third kappa shape index (κ3) is 4.78. The summed E-state index contributed by atoms with van der Waals surface area (Å²) in [4.78, 5) is 11.8. The van der Waals surface area contributed by atoms with Gasteiger partial charge in [-0.1, -0.05) is 35.3 Å². The van der Waals surface area contributed by atoms with Crippen molar-refractivity contribution >= 4 is 34.9 Å². The predicted molar refractivity (Wildman–Crippen MR) is 93.0 cm³/mol. The number of aryl methyl sites for hydroxylation is 1. The highest BCUT2D eigenvalue weighted by Crippen LogP contribution is 2.30. The Morgan fingerprint density at radius 3 is 2.70 bits per heavy atom. The van der Waals surface area contributed by atoms with Crippen molar-refractivity contribution in [2.75, 3.05) is 25.6 Å². The quantitative estimate of drug-likeness (QED) is 0.609. The van der Waals surface area contributed by atoms with Crippen LogP contribution in [0.1, 0.15) is 15.9 Å². The van der Waals surface area contributed by atoms with Crippen LogP contribution in [0.4, 0.5) is 5.69 Å². The molecule has 0 aliphatic heterocycles. The maximum absolute atomic E-state index is 11.8. The molecule has 122 valence electrons. The van der Waals surface area contributed by atoms with Crippen molar-refractivity contribution in [2.45, 2.75) is 6.92 Å². The predicted octanol–water partition coefficient (Wildman–Crippen LogP) is 4.58. The van der Waals surface area contributed by atoms with E-state index in [-0.39, 0.29) is 0 Å². The molecule has 0 saturated carbocycles. The Morgan fingerprint density at radius 1 is 1.22 bits per heavy atom. The monoisotopic (exact) mass is 353 g/mol. The molecular weight excluding hydrogens is 337 g/mol. The van der Waals surface area contributed by atoms with Gasteiger partial charge in [0.05, 0.1) is 23.4 Å². The lowest BCUT2D eigenvalue weighted by molar-refractivity contribution is 0.0602. The Labute approximate surface area is 145 Å². The third-order valence-electron chi connectivity index (χ3n) is 3.12. The van der Waals surface area contributed by atoms with Crippen molar-refractivity contribution in [3.63, 3.8) is 0 Å². The smallest absolute Gasteiger partial charge is 0.340 e. The van der Waals surface area contributed by atoms with Crippen LogP contribution < -0.4 is 10.1 Å². The highest BCUT2D eigenvalue weighted by atomic mass is 35.5. The fourth-order valence-electron chi connectivity index (χ4n) is 2.07. The van der Waals surface area contributed by atoms with Gasteiger partial charge in [0.2, 0.25) is 0 Å². The van der Waals surface area contributed by atoms with Crippen LogP contribution in [0.25, 0.3) is 0 Å². The summed E-state index contributed by atoms with van der Waals surface area (Å²) in [6.07, 6.45) is 0. The Morgan fingerprint density at radius 2 is 2.00 bits per heavy atom. The molecule has 0 saturated heterocycles. The second-order valence-electron chi connectivity index (χ2n) is 4.89. The average Bonchev–Trinajstić information content (AvgIpc) is 2.52. The molecule has 23 heavy (non-hydrogen) atoms.